The van der Waals surface area contributed by atoms with Crippen LogP contribution in [0.3, 0.4) is 0 Å². The van der Waals surface area contributed by atoms with Crippen LogP contribution in [-0.2, 0) is 16.1 Å². The van der Waals surface area contributed by atoms with Crippen LogP contribution >= 0.6 is 0 Å². The summed E-state index contributed by atoms with van der Waals surface area (Å²) in [6.45, 7) is 7.85. The number of amides is 1. The molecule has 7 nitrogen and oxygen atoms in total. The summed E-state index contributed by atoms with van der Waals surface area (Å²) in [4.78, 5) is 16.6. The Labute approximate surface area is 124 Å². The number of ether oxygens (including phenoxy) is 1. The smallest absolute Gasteiger partial charge is 0.242 e. The van der Waals surface area contributed by atoms with E-state index in [2.05, 4.69) is 15.4 Å². The molecular weight excluding hydrogens is 272 g/mol. The van der Waals surface area contributed by atoms with Crippen LogP contribution in [0.5, 0.6) is 0 Å². The fourth-order valence-electron chi connectivity index (χ4n) is 2.79. The van der Waals surface area contributed by atoms with Crippen molar-refractivity contribution >= 4 is 5.91 Å². The van der Waals surface area contributed by atoms with E-state index in [0.717, 1.165) is 50.7 Å². The molecule has 0 bridgehead atoms. The zero-order chi connectivity index (χ0) is 14.7. The van der Waals surface area contributed by atoms with Gasteiger partial charge in [0, 0.05) is 45.3 Å². The van der Waals surface area contributed by atoms with Crippen molar-refractivity contribution in [3.63, 3.8) is 0 Å². The average Bonchev–Trinajstić information content (AvgIpc) is 2.93. The Morgan fingerprint density at radius 1 is 1.43 bits per heavy atom. The van der Waals surface area contributed by atoms with E-state index in [0.29, 0.717) is 13.2 Å². The van der Waals surface area contributed by atoms with Crippen LogP contribution in [-0.4, -0.2) is 72.8 Å². The van der Waals surface area contributed by atoms with Crippen LogP contribution in [0.15, 0.2) is 10.6 Å². The molecule has 1 unspecified atom stereocenters. The second-order valence-electron chi connectivity index (χ2n) is 5.61. The van der Waals surface area contributed by atoms with Crippen LogP contribution in [0.2, 0.25) is 0 Å². The Kier molecular flexibility index (Phi) is 4.52. The predicted molar refractivity (Wildman–Crippen MR) is 75.7 cm³/mol. The molecule has 0 saturated carbocycles. The van der Waals surface area contributed by atoms with Gasteiger partial charge in [0.15, 0.2) is 0 Å². The van der Waals surface area contributed by atoms with E-state index in [4.69, 9.17) is 9.26 Å². The molecule has 7 heteroatoms. The maximum Gasteiger partial charge on any atom is 0.242 e. The van der Waals surface area contributed by atoms with Crippen molar-refractivity contribution in [2.24, 2.45) is 0 Å². The van der Waals surface area contributed by atoms with E-state index in [1.165, 1.54) is 0 Å². The second-order valence-corrected chi connectivity index (χ2v) is 5.61. The van der Waals surface area contributed by atoms with Crippen molar-refractivity contribution in [1.29, 1.82) is 0 Å². The average molecular weight is 294 g/mol. The highest BCUT2D eigenvalue weighted by atomic mass is 16.5. The molecule has 3 heterocycles. The molecule has 2 aliphatic rings. The van der Waals surface area contributed by atoms with Gasteiger partial charge in [0.05, 0.1) is 18.9 Å². The molecule has 1 aromatic rings. The highest BCUT2D eigenvalue weighted by molar-refractivity contribution is 5.82. The van der Waals surface area contributed by atoms with Gasteiger partial charge < -0.3 is 19.5 Å². The van der Waals surface area contributed by atoms with E-state index >= 15 is 0 Å². The number of morpholine rings is 1. The molecule has 0 aromatic carbocycles. The number of nitrogens with zero attached hydrogens (tertiary/aromatic N) is 3. The zero-order valence-electron chi connectivity index (χ0n) is 12.4. The van der Waals surface area contributed by atoms with E-state index in [1.54, 1.807) is 0 Å². The third kappa shape index (κ3) is 3.61. The fourth-order valence-corrected chi connectivity index (χ4v) is 2.79. The van der Waals surface area contributed by atoms with Crippen LogP contribution in [0, 0.1) is 6.92 Å². The summed E-state index contributed by atoms with van der Waals surface area (Å²) >= 11 is 0. The highest BCUT2D eigenvalue weighted by Crippen LogP contribution is 2.10. The van der Waals surface area contributed by atoms with Crippen molar-refractivity contribution < 1.29 is 14.1 Å². The molecule has 1 N–H and O–H groups in total. The highest BCUT2D eigenvalue weighted by Gasteiger charge is 2.28. The summed E-state index contributed by atoms with van der Waals surface area (Å²) < 4.78 is 10.4. The number of carbonyl (C=O) groups is 1. The first-order valence-electron chi connectivity index (χ1n) is 7.47. The molecule has 21 heavy (non-hydrogen) atoms. The van der Waals surface area contributed by atoms with Gasteiger partial charge >= 0.3 is 0 Å². The minimum Gasteiger partial charge on any atom is -0.378 e. The Morgan fingerprint density at radius 2 is 2.24 bits per heavy atom. The summed E-state index contributed by atoms with van der Waals surface area (Å²) in [5, 5.41) is 7.23. The van der Waals surface area contributed by atoms with Crippen LogP contribution < -0.4 is 5.32 Å². The van der Waals surface area contributed by atoms with Gasteiger partial charge in [-0.05, 0) is 6.92 Å². The van der Waals surface area contributed by atoms with Crippen LogP contribution in [0.4, 0.5) is 0 Å². The summed E-state index contributed by atoms with van der Waals surface area (Å²) in [5.74, 6) is 0.994. The molecule has 1 amide bonds. The molecule has 116 valence electrons. The fraction of sp³-hybridized carbons (Fsp3) is 0.714. The van der Waals surface area contributed by atoms with E-state index in [1.807, 2.05) is 17.9 Å². The lowest BCUT2D eigenvalue weighted by Gasteiger charge is -2.36. The number of aromatic nitrogens is 1. The molecule has 2 aliphatic heterocycles. The molecule has 0 radical (unpaired) electrons. The number of nitrogens with one attached hydrogen (secondary N) is 1. The molecule has 2 saturated heterocycles. The van der Waals surface area contributed by atoms with E-state index < -0.39 is 0 Å². The van der Waals surface area contributed by atoms with Crippen molar-refractivity contribution in [2.45, 2.75) is 19.5 Å². The third-order valence-electron chi connectivity index (χ3n) is 3.97. The Morgan fingerprint density at radius 3 is 2.86 bits per heavy atom. The summed E-state index contributed by atoms with van der Waals surface area (Å²) in [6.07, 6.45) is 0. The topological polar surface area (TPSA) is 70.8 Å². The normalized spacial score (nSPS) is 24.2. The maximum atomic E-state index is 12.4. The summed E-state index contributed by atoms with van der Waals surface area (Å²) in [6, 6.07) is 1.78. The lowest BCUT2D eigenvalue weighted by molar-refractivity contribution is -0.138. The zero-order valence-corrected chi connectivity index (χ0v) is 12.4. The monoisotopic (exact) mass is 294 g/mol. The van der Waals surface area contributed by atoms with Crippen molar-refractivity contribution in [2.75, 3.05) is 45.9 Å². The van der Waals surface area contributed by atoms with Gasteiger partial charge in [-0.3, -0.25) is 9.69 Å². The first-order chi connectivity index (χ1) is 10.2. The second kappa shape index (κ2) is 6.55. The first kappa shape index (κ1) is 14.5. The lowest BCUT2D eigenvalue weighted by Crippen LogP contribution is -2.57. The van der Waals surface area contributed by atoms with Gasteiger partial charge in [-0.2, -0.15) is 0 Å². The SMILES string of the molecule is Cc1cc(CN2CCN(C(=O)C3COCCN3)CC2)no1. The molecule has 1 aromatic heterocycles. The minimum atomic E-state index is -0.177. The number of aryl methyl sites for hydroxylation is 1. The van der Waals surface area contributed by atoms with Gasteiger partial charge in [-0.25, -0.2) is 0 Å². The largest absolute Gasteiger partial charge is 0.378 e. The minimum absolute atomic E-state index is 0.159. The number of rotatable bonds is 3. The third-order valence-corrected chi connectivity index (χ3v) is 3.97. The number of hydrogen-bond acceptors (Lipinski definition) is 6. The van der Waals surface area contributed by atoms with Crippen LogP contribution in [0.25, 0.3) is 0 Å². The summed E-state index contributed by atoms with van der Waals surface area (Å²) in [5.41, 5.74) is 0.953. The van der Waals surface area contributed by atoms with Crippen molar-refractivity contribution in [1.82, 2.24) is 20.3 Å². The standard InChI is InChI=1S/C14H22N4O3/c1-11-8-12(16-21-11)9-17-3-5-18(6-4-17)14(19)13-10-20-7-2-15-13/h8,13,15H,2-7,9-10H2,1H3. The Bertz CT molecular complexity index is 476. The van der Waals surface area contributed by atoms with Gasteiger partial charge in [0.2, 0.25) is 5.91 Å². The number of piperazine rings is 1. The lowest BCUT2D eigenvalue weighted by atomic mass is 10.2. The molecule has 0 aliphatic carbocycles. The summed E-state index contributed by atoms with van der Waals surface area (Å²) in [7, 11) is 0. The molecule has 2 fully saturated rings. The maximum absolute atomic E-state index is 12.4. The quantitative estimate of drug-likeness (QED) is 0.819. The Balaban J connectivity index is 1.47. The Hall–Kier alpha value is -1.44. The molecule has 0 spiro atoms. The first-order valence-corrected chi connectivity index (χ1v) is 7.47. The number of hydrogen-bond donors (Lipinski definition) is 1. The van der Waals surface area contributed by atoms with Gasteiger partial charge in [-0.15, -0.1) is 0 Å². The van der Waals surface area contributed by atoms with E-state index in [-0.39, 0.29) is 11.9 Å². The number of carbonyl (C=O) groups excluding carboxylic acids is 1. The molecule has 1 atom stereocenters. The van der Waals surface area contributed by atoms with Crippen molar-refractivity contribution in [3.05, 3.63) is 17.5 Å². The molecular formula is C14H22N4O3. The van der Waals surface area contributed by atoms with E-state index in [9.17, 15) is 4.79 Å². The van der Waals surface area contributed by atoms with Gasteiger partial charge in [0.25, 0.3) is 0 Å². The van der Waals surface area contributed by atoms with Gasteiger partial charge in [0.1, 0.15) is 11.8 Å². The van der Waals surface area contributed by atoms with Crippen LogP contribution in [0.1, 0.15) is 11.5 Å². The van der Waals surface area contributed by atoms with Crippen molar-refractivity contribution in [3.8, 4) is 0 Å². The predicted octanol–water partition coefficient (Wildman–Crippen LogP) is -0.384. The van der Waals surface area contributed by atoms with Gasteiger partial charge in [-0.1, -0.05) is 5.16 Å². The molecule has 3 rings (SSSR count).